The fraction of sp³-hybridized carbons (Fsp3) is 0.385. The summed E-state index contributed by atoms with van der Waals surface area (Å²) in [4.78, 5) is 4.45. The van der Waals surface area contributed by atoms with Gasteiger partial charge in [-0.1, -0.05) is 30.3 Å². The monoisotopic (exact) mass is 244 g/mol. The van der Waals surface area contributed by atoms with Gasteiger partial charge in [0.1, 0.15) is 6.10 Å². The van der Waals surface area contributed by atoms with Crippen molar-refractivity contribution in [3.63, 3.8) is 0 Å². The topological polar surface area (TPSA) is 76.8 Å². The SMILES string of the molecule is N[C@@H](c1ccccc1)c1n[nH]c([C@@H]2CCCO2)n1. The molecular formula is C13H16N4O. The van der Waals surface area contributed by atoms with Crippen LogP contribution in [0.4, 0.5) is 0 Å². The van der Waals surface area contributed by atoms with Crippen molar-refractivity contribution in [3.8, 4) is 0 Å². The van der Waals surface area contributed by atoms with Crippen LogP contribution in [0, 0.1) is 0 Å². The van der Waals surface area contributed by atoms with Crippen LogP contribution in [-0.2, 0) is 4.74 Å². The predicted octanol–water partition coefficient (Wildman–Crippen LogP) is 1.70. The van der Waals surface area contributed by atoms with E-state index in [4.69, 9.17) is 10.5 Å². The highest BCUT2D eigenvalue weighted by molar-refractivity contribution is 5.23. The smallest absolute Gasteiger partial charge is 0.171 e. The van der Waals surface area contributed by atoms with Crippen molar-refractivity contribution in [2.45, 2.75) is 25.0 Å². The molecule has 3 rings (SSSR count). The van der Waals surface area contributed by atoms with E-state index in [2.05, 4.69) is 15.2 Å². The Bertz CT molecular complexity index is 505. The van der Waals surface area contributed by atoms with Crippen molar-refractivity contribution < 1.29 is 4.74 Å². The van der Waals surface area contributed by atoms with Crippen LogP contribution in [0.15, 0.2) is 30.3 Å². The van der Waals surface area contributed by atoms with Gasteiger partial charge in [-0.2, -0.15) is 5.10 Å². The summed E-state index contributed by atoms with van der Waals surface area (Å²) in [5.41, 5.74) is 7.15. The van der Waals surface area contributed by atoms with Gasteiger partial charge in [0.15, 0.2) is 11.6 Å². The number of hydrogen-bond donors (Lipinski definition) is 2. The predicted molar refractivity (Wildman–Crippen MR) is 66.8 cm³/mol. The number of nitrogens with one attached hydrogen (secondary N) is 1. The van der Waals surface area contributed by atoms with E-state index in [9.17, 15) is 0 Å². The first-order valence-electron chi connectivity index (χ1n) is 6.19. The van der Waals surface area contributed by atoms with E-state index in [1.54, 1.807) is 0 Å². The Balaban J connectivity index is 1.80. The molecule has 0 unspecified atom stereocenters. The number of aromatic amines is 1. The van der Waals surface area contributed by atoms with Gasteiger partial charge in [0, 0.05) is 6.61 Å². The molecule has 0 aliphatic carbocycles. The van der Waals surface area contributed by atoms with Crippen LogP contribution < -0.4 is 5.73 Å². The third kappa shape index (κ3) is 2.14. The van der Waals surface area contributed by atoms with Gasteiger partial charge in [0.2, 0.25) is 0 Å². The Kier molecular flexibility index (Phi) is 3.08. The number of hydrogen-bond acceptors (Lipinski definition) is 4. The van der Waals surface area contributed by atoms with E-state index >= 15 is 0 Å². The molecule has 5 nitrogen and oxygen atoms in total. The lowest BCUT2D eigenvalue weighted by atomic mass is 10.1. The molecule has 1 aliphatic heterocycles. The quantitative estimate of drug-likeness (QED) is 0.861. The second-order valence-corrected chi connectivity index (χ2v) is 4.47. The number of H-pyrrole nitrogens is 1. The lowest BCUT2D eigenvalue weighted by Gasteiger charge is -2.07. The lowest BCUT2D eigenvalue weighted by molar-refractivity contribution is 0.105. The van der Waals surface area contributed by atoms with Crippen LogP contribution in [0.2, 0.25) is 0 Å². The van der Waals surface area contributed by atoms with Gasteiger partial charge in [-0.3, -0.25) is 5.10 Å². The summed E-state index contributed by atoms with van der Waals surface area (Å²) in [5, 5.41) is 7.13. The molecule has 94 valence electrons. The molecule has 2 aromatic rings. The standard InChI is InChI=1S/C13H16N4O/c14-11(9-5-2-1-3-6-9)13-15-12(16-17-13)10-7-4-8-18-10/h1-3,5-6,10-11H,4,7-8,14H2,(H,15,16,17)/t10-,11-/m0/s1. The number of nitrogens with two attached hydrogens (primary N) is 1. The van der Waals surface area contributed by atoms with Crippen molar-refractivity contribution in [2.75, 3.05) is 6.61 Å². The highest BCUT2D eigenvalue weighted by Crippen LogP contribution is 2.26. The van der Waals surface area contributed by atoms with Crippen LogP contribution in [0.1, 0.15) is 42.2 Å². The zero-order valence-corrected chi connectivity index (χ0v) is 10.0. The summed E-state index contributed by atoms with van der Waals surface area (Å²) in [6.07, 6.45) is 2.12. The molecule has 2 heterocycles. The van der Waals surface area contributed by atoms with E-state index in [1.165, 1.54) is 0 Å². The highest BCUT2D eigenvalue weighted by Gasteiger charge is 2.23. The normalized spacial score (nSPS) is 21.1. The van der Waals surface area contributed by atoms with Crippen molar-refractivity contribution >= 4 is 0 Å². The number of ether oxygens (including phenoxy) is 1. The highest BCUT2D eigenvalue weighted by atomic mass is 16.5. The van der Waals surface area contributed by atoms with Crippen LogP contribution in [0.3, 0.4) is 0 Å². The average molecular weight is 244 g/mol. The molecule has 18 heavy (non-hydrogen) atoms. The molecular weight excluding hydrogens is 228 g/mol. The minimum atomic E-state index is -0.294. The zero-order valence-electron chi connectivity index (χ0n) is 10.0. The van der Waals surface area contributed by atoms with Gasteiger partial charge >= 0.3 is 0 Å². The van der Waals surface area contributed by atoms with Gasteiger partial charge in [0.25, 0.3) is 0 Å². The van der Waals surface area contributed by atoms with E-state index in [1.807, 2.05) is 30.3 Å². The van der Waals surface area contributed by atoms with Gasteiger partial charge in [-0.25, -0.2) is 4.98 Å². The maximum absolute atomic E-state index is 6.14. The second kappa shape index (κ2) is 4.88. The molecule has 0 radical (unpaired) electrons. The Labute approximate surface area is 105 Å². The summed E-state index contributed by atoms with van der Waals surface area (Å²) in [6, 6.07) is 9.55. The van der Waals surface area contributed by atoms with E-state index in [-0.39, 0.29) is 12.1 Å². The minimum absolute atomic E-state index is 0.0502. The molecule has 1 aromatic heterocycles. The fourth-order valence-corrected chi connectivity index (χ4v) is 2.17. The number of aromatic nitrogens is 3. The maximum Gasteiger partial charge on any atom is 0.171 e. The van der Waals surface area contributed by atoms with E-state index < -0.39 is 0 Å². The summed E-state index contributed by atoms with van der Waals surface area (Å²) in [6.45, 7) is 0.797. The van der Waals surface area contributed by atoms with Gasteiger partial charge in [0.05, 0.1) is 6.04 Å². The Hall–Kier alpha value is -1.72. The van der Waals surface area contributed by atoms with Crippen LogP contribution in [-0.4, -0.2) is 21.8 Å². The van der Waals surface area contributed by atoms with E-state index in [0.717, 1.165) is 30.8 Å². The lowest BCUT2D eigenvalue weighted by Crippen LogP contribution is -2.13. The van der Waals surface area contributed by atoms with Gasteiger partial charge in [-0.05, 0) is 18.4 Å². The summed E-state index contributed by atoms with van der Waals surface area (Å²) in [7, 11) is 0. The van der Waals surface area contributed by atoms with Gasteiger partial charge < -0.3 is 10.5 Å². The first-order valence-corrected chi connectivity index (χ1v) is 6.19. The van der Waals surface area contributed by atoms with Crippen molar-refractivity contribution in [2.24, 2.45) is 5.73 Å². The first kappa shape index (κ1) is 11.4. The average Bonchev–Trinajstić information content (AvgIpc) is 3.09. The molecule has 0 spiro atoms. The van der Waals surface area contributed by atoms with Crippen molar-refractivity contribution in [1.82, 2.24) is 15.2 Å². The summed E-state index contributed by atoms with van der Waals surface area (Å²) in [5.74, 6) is 1.40. The zero-order chi connectivity index (χ0) is 12.4. The van der Waals surface area contributed by atoms with Crippen molar-refractivity contribution in [1.29, 1.82) is 0 Å². The number of nitrogens with zero attached hydrogens (tertiary/aromatic N) is 2. The maximum atomic E-state index is 6.14. The molecule has 0 amide bonds. The molecule has 5 heteroatoms. The Morgan fingerprint density at radius 3 is 2.89 bits per heavy atom. The molecule has 0 saturated carbocycles. The number of benzene rings is 1. The minimum Gasteiger partial charge on any atom is -0.370 e. The molecule has 3 N–H and O–H groups in total. The van der Waals surface area contributed by atoms with Crippen LogP contribution in [0.25, 0.3) is 0 Å². The van der Waals surface area contributed by atoms with Crippen LogP contribution in [0.5, 0.6) is 0 Å². The first-order chi connectivity index (χ1) is 8.84. The third-order valence-corrected chi connectivity index (χ3v) is 3.19. The molecule has 1 aromatic carbocycles. The van der Waals surface area contributed by atoms with Crippen LogP contribution >= 0.6 is 0 Å². The Morgan fingerprint density at radius 1 is 1.33 bits per heavy atom. The van der Waals surface area contributed by atoms with Gasteiger partial charge in [-0.15, -0.1) is 0 Å². The Morgan fingerprint density at radius 2 is 2.17 bits per heavy atom. The fourth-order valence-electron chi connectivity index (χ4n) is 2.17. The molecule has 1 aliphatic rings. The summed E-state index contributed by atoms with van der Waals surface area (Å²) < 4.78 is 5.56. The molecule has 1 fully saturated rings. The molecule has 1 saturated heterocycles. The second-order valence-electron chi connectivity index (χ2n) is 4.47. The molecule has 0 bridgehead atoms. The number of rotatable bonds is 3. The molecule has 2 atom stereocenters. The summed E-state index contributed by atoms with van der Waals surface area (Å²) >= 11 is 0. The van der Waals surface area contributed by atoms with E-state index in [0.29, 0.717) is 5.82 Å². The third-order valence-electron chi connectivity index (χ3n) is 3.19. The largest absolute Gasteiger partial charge is 0.370 e. The van der Waals surface area contributed by atoms with Crippen molar-refractivity contribution in [3.05, 3.63) is 47.5 Å².